The van der Waals surface area contributed by atoms with Crippen molar-refractivity contribution < 1.29 is 61.0 Å². The second-order valence-corrected chi connectivity index (χ2v) is 18.4. The summed E-state index contributed by atoms with van der Waals surface area (Å²) >= 11 is 0. The summed E-state index contributed by atoms with van der Waals surface area (Å²) in [6, 6.07) is 0. The summed E-state index contributed by atoms with van der Waals surface area (Å²) in [6.45, 7) is 15.5. The molecule has 276 valence electrons. The van der Waals surface area contributed by atoms with Crippen LogP contribution in [0, 0.1) is 63.1 Å². The van der Waals surface area contributed by atoms with Gasteiger partial charge in [-0.3, -0.25) is 19.2 Å². The topological polar surface area (TPSA) is 77.5 Å². The molecule has 8 aliphatic carbocycles. The Bertz CT molecular complexity index is 1570. The van der Waals surface area contributed by atoms with Crippen LogP contribution in [0.15, 0.2) is 47.6 Å². The van der Waals surface area contributed by atoms with Crippen molar-refractivity contribution in [1.29, 1.82) is 0 Å². The summed E-state index contributed by atoms with van der Waals surface area (Å²) < 4.78 is 6.22. The minimum atomic E-state index is -0.606. The molecule has 4 saturated carbocycles. The van der Waals surface area contributed by atoms with Gasteiger partial charge in [0.1, 0.15) is 11.4 Å². The van der Waals surface area contributed by atoms with Crippen LogP contribution >= 0.6 is 0 Å². The van der Waals surface area contributed by atoms with Gasteiger partial charge >= 0.3 is 0 Å². The van der Waals surface area contributed by atoms with Crippen LogP contribution in [0.4, 0.5) is 0 Å². The fourth-order valence-electron chi connectivity index (χ4n) is 13.8. The number of hydrogen-bond acceptors (Lipinski definition) is 5. The van der Waals surface area contributed by atoms with Gasteiger partial charge in [0.25, 0.3) is 0 Å². The fraction of sp³-hybridized carbons (Fsp3) is 0.727. The standard InChI is InChI=1S/C23H32O3.C21H28O2.2V/c1-5-26-23(15(2)24)13-10-20-18-7-6-16-14-17(25)8-11-21(16,3)19(18)9-12-22(20,23)4;1-13(22)17-6-7-18-16-5-4-14-12-15(23)8-10-20(14,2)19(16)9-11-21(17,18)3;;/h6-7,14,18-20H,5,8-13H2,1-4H3;4-5,12,16-19H,6-11H2,1-3H3;;/t18-,19-,20+,21-,22+,23+;16-,17+,18-,19+,20+,21+;;/m10../s1. The third-order valence-corrected chi connectivity index (χ3v) is 16.6. The third kappa shape index (κ3) is 6.05. The molecule has 0 N–H and O–H groups in total. The number of hydrogen-bond donors (Lipinski definition) is 0. The summed E-state index contributed by atoms with van der Waals surface area (Å²) in [4.78, 5) is 48.6. The van der Waals surface area contributed by atoms with Gasteiger partial charge in [-0.05, 0) is 160 Å². The van der Waals surface area contributed by atoms with Crippen LogP contribution < -0.4 is 0 Å². The maximum atomic E-state index is 12.7. The Balaban J connectivity index is 0.000000191. The molecule has 0 aromatic heterocycles. The molecule has 0 aromatic carbocycles. The van der Waals surface area contributed by atoms with Crippen molar-refractivity contribution in [3.05, 3.63) is 47.6 Å². The average molecular weight is 771 g/mol. The summed E-state index contributed by atoms with van der Waals surface area (Å²) in [6.07, 6.45) is 25.1. The van der Waals surface area contributed by atoms with E-state index in [0.717, 1.165) is 44.9 Å². The predicted octanol–water partition coefficient (Wildman–Crippen LogP) is 9.15. The number of ether oxygens (including phenoxy) is 1. The first-order chi connectivity index (χ1) is 23.1. The number of carbonyl (C=O) groups excluding carboxylic acids is 4. The van der Waals surface area contributed by atoms with E-state index in [-0.39, 0.29) is 76.3 Å². The molecule has 0 amide bonds. The zero-order valence-electron chi connectivity index (χ0n) is 32.1. The Hall–Kier alpha value is -1.23. The van der Waals surface area contributed by atoms with Gasteiger partial charge in [0.2, 0.25) is 0 Å². The van der Waals surface area contributed by atoms with E-state index in [1.807, 2.05) is 19.1 Å². The molecule has 7 heteroatoms. The molecule has 0 heterocycles. The SMILES string of the molecule is CC(=O)[C@H]1CC[C@H]2[C@@H]3C=CC4=CC(=O)CC[C@@]4(C)[C@@H]3CC[C@]12C.CCO[C@]1(C(C)=O)CC[C@H]2[C@@H]3C=CC4=CC(=O)CC[C@@]4(C)[C@@H]3CC[C@@]21C.[V].[V]. The first-order valence-electron chi connectivity index (χ1n) is 19.7. The van der Waals surface area contributed by atoms with E-state index in [1.165, 1.54) is 30.4 Å². The molecule has 12 atom stereocenters. The van der Waals surface area contributed by atoms with Crippen LogP contribution in [0.3, 0.4) is 0 Å². The Morgan fingerprint density at radius 1 is 0.686 bits per heavy atom. The third-order valence-electron chi connectivity index (χ3n) is 16.6. The Morgan fingerprint density at radius 3 is 1.71 bits per heavy atom. The van der Waals surface area contributed by atoms with Gasteiger partial charge in [0, 0.05) is 67.9 Å². The molecule has 8 aliphatic rings. The molecule has 0 aromatic rings. The Kier molecular flexibility index (Phi) is 11.6. The molecule has 0 bridgehead atoms. The van der Waals surface area contributed by atoms with Crippen LogP contribution in [0.25, 0.3) is 0 Å². The van der Waals surface area contributed by atoms with E-state index in [4.69, 9.17) is 4.74 Å². The molecular formula is C44H60O5V2. The van der Waals surface area contributed by atoms with Crippen molar-refractivity contribution in [3.63, 3.8) is 0 Å². The number of rotatable bonds is 4. The number of fused-ring (bicyclic) bond motifs is 10. The van der Waals surface area contributed by atoms with Gasteiger partial charge in [-0.25, -0.2) is 0 Å². The first kappa shape index (κ1) is 40.9. The van der Waals surface area contributed by atoms with Gasteiger partial charge < -0.3 is 4.74 Å². The van der Waals surface area contributed by atoms with E-state index in [0.29, 0.717) is 66.5 Å². The van der Waals surface area contributed by atoms with E-state index in [2.05, 4.69) is 52.0 Å². The number of allylic oxidation sites excluding steroid dienone is 8. The van der Waals surface area contributed by atoms with Crippen LogP contribution in [0.2, 0.25) is 0 Å². The van der Waals surface area contributed by atoms with Crippen LogP contribution in [-0.2, 0) is 61.0 Å². The molecule has 4 fully saturated rings. The van der Waals surface area contributed by atoms with Crippen molar-refractivity contribution in [3.8, 4) is 0 Å². The van der Waals surface area contributed by atoms with Crippen molar-refractivity contribution in [2.24, 2.45) is 63.1 Å². The molecule has 0 spiro atoms. The number of Topliss-reactive ketones (excluding diaryl/α,β-unsaturated/α-hetero) is 2. The van der Waals surface area contributed by atoms with Gasteiger partial charge in [0.15, 0.2) is 17.3 Å². The smallest absolute Gasteiger partial charge is 0.162 e. The second kappa shape index (κ2) is 14.4. The minimum Gasteiger partial charge on any atom is -0.367 e. The Labute approximate surface area is 330 Å². The van der Waals surface area contributed by atoms with E-state index in [9.17, 15) is 19.2 Å². The van der Waals surface area contributed by atoms with Crippen molar-refractivity contribution in [2.45, 2.75) is 131 Å². The molecular weight excluding hydrogens is 710 g/mol. The molecule has 8 rings (SSSR count). The largest absolute Gasteiger partial charge is 0.367 e. The predicted molar refractivity (Wildman–Crippen MR) is 192 cm³/mol. The van der Waals surface area contributed by atoms with Gasteiger partial charge in [-0.1, -0.05) is 52.0 Å². The zero-order valence-corrected chi connectivity index (χ0v) is 34.9. The fourth-order valence-corrected chi connectivity index (χ4v) is 13.8. The van der Waals surface area contributed by atoms with Crippen LogP contribution in [0.5, 0.6) is 0 Å². The normalized spacial score (nSPS) is 45.7. The zero-order chi connectivity index (χ0) is 35.1. The molecule has 2 radical (unpaired) electrons. The first-order valence-corrected chi connectivity index (χ1v) is 19.7. The van der Waals surface area contributed by atoms with E-state index >= 15 is 0 Å². The van der Waals surface area contributed by atoms with E-state index < -0.39 is 5.60 Å². The average Bonchev–Trinajstić information content (AvgIpc) is 3.57. The van der Waals surface area contributed by atoms with Crippen molar-refractivity contribution in [1.82, 2.24) is 0 Å². The van der Waals surface area contributed by atoms with Crippen molar-refractivity contribution in [2.75, 3.05) is 6.61 Å². The summed E-state index contributed by atoms with van der Waals surface area (Å²) in [7, 11) is 0. The van der Waals surface area contributed by atoms with Gasteiger partial charge in [-0.15, -0.1) is 0 Å². The number of carbonyl (C=O) groups is 4. The van der Waals surface area contributed by atoms with Gasteiger partial charge in [0.05, 0.1) is 0 Å². The monoisotopic (exact) mass is 770 g/mol. The molecule has 5 nitrogen and oxygen atoms in total. The Morgan fingerprint density at radius 2 is 1.20 bits per heavy atom. The van der Waals surface area contributed by atoms with E-state index in [1.54, 1.807) is 13.8 Å². The molecule has 0 unspecified atom stereocenters. The quantitative estimate of drug-likeness (QED) is 0.285. The van der Waals surface area contributed by atoms with Crippen LogP contribution in [0.1, 0.15) is 126 Å². The maximum absolute atomic E-state index is 12.7. The maximum Gasteiger partial charge on any atom is 0.162 e. The molecule has 0 aliphatic heterocycles. The van der Waals surface area contributed by atoms with Gasteiger partial charge in [-0.2, -0.15) is 0 Å². The molecule has 51 heavy (non-hydrogen) atoms. The summed E-state index contributed by atoms with van der Waals surface area (Å²) in [5, 5.41) is 0. The minimum absolute atomic E-state index is 0. The molecule has 0 saturated heterocycles. The summed E-state index contributed by atoms with van der Waals surface area (Å²) in [5.74, 6) is 4.86. The number of ketones is 4. The second-order valence-electron chi connectivity index (χ2n) is 18.4. The van der Waals surface area contributed by atoms with Crippen molar-refractivity contribution >= 4 is 23.1 Å². The van der Waals surface area contributed by atoms with Crippen LogP contribution in [-0.4, -0.2) is 35.3 Å². The summed E-state index contributed by atoms with van der Waals surface area (Å²) in [5.41, 5.74) is 2.29.